The Morgan fingerprint density at radius 1 is 1.45 bits per heavy atom. The molecule has 0 heterocycles. The van der Waals surface area contributed by atoms with E-state index in [1.165, 1.54) is 12.1 Å². The van der Waals surface area contributed by atoms with Crippen molar-refractivity contribution in [2.24, 2.45) is 0 Å². The van der Waals surface area contributed by atoms with Crippen LogP contribution in [0.2, 0.25) is 0 Å². The van der Waals surface area contributed by atoms with Crippen molar-refractivity contribution in [1.82, 2.24) is 10.2 Å². The maximum atomic E-state index is 11.8. The van der Waals surface area contributed by atoms with E-state index < -0.39 is 11.0 Å². The molecule has 0 saturated heterocycles. The molecule has 0 bridgehead atoms. The van der Waals surface area contributed by atoms with Crippen LogP contribution in [0.15, 0.2) is 24.3 Å². The number of hydrogen-bond donors (Lipinski definition) is 2. The van der Waals surface area contributed by atoms with Crippen LogP contribution in [-0.2, 0) is 4.79 Å². The van der Waals surface area contributed by atoms with Crippen molar-refractivity contribution in [3.05, 3.63) is 39.9 Å². The number of non-ortho nitro benzene ring substituents is 1. The monoisotopic (exact) mass is 309 g/mol. The Balaban J connectivity index is 2.68. The van der Waals surface area contributed by atoms with Gasteiger partial charge in [0.15, 0.2) is 0 Å². The zero-order chi connectivity index (χ0) is 16.7. The molecule has 0 fully saturated rings. The second kappa shape index (κ2) is 8.45. The van der Waals surface area contributed by atoms with Crippen LogP contribution in [0.25, 0.3) is 0 Å². The highest BCUT2D eigenvalue weighted by Crippen LogP contribution is 2.20. The fourth-order valence-electron chi connectivity index (χ4n) is 2.07. The number of carbonyl (C=O) groups excluding carboxylic acids is 1. The lowest BCUT2D eigenvalue weighted by molar-refractivity contribution is -0.385. The number of benzene rings is 1. The lowest BCUT2D eigenvalue weighted by Gasteiger charge is -2.23. The van der Waals surface area contributed by atoms with Gasteiger partial charge in [0, 0.05) is 24.7 Å². The molecule has 0 radical (unpaired) electrons. The molecule has 0 aliphatic rings. The molecule has 7 nitrogen and oxygen atoms in total. The Bertz CT molecular complexity index is 519. The maximum absolute atomic E-state index is 11.8. The van der Waals surface area contributed by atoms with Crippen LogP contribution in [-0.4, -0.2) is 46.5 Å². The van der Waals surface area contributed by atoms with E-state index >= 15 is 0 Å². The van der Waals surface area contributed by atoms with Crippen molar-refractivity contribution < 1.29 is 14.8 Å². The first-order valence-electron chi connectivity index (χ1n) is 7.27. The summed E-state index contributed by atoms with van der Waals surface area (Å²) in [5.41, 5.74) is 0.411. The van der Waals surface area contributed by atoms with E-state index in [9.17, 15) is 20.0 Å². The van der Waals surface area contributed by atoms with Gasteiger partial charge in [-0.1, -0.05) is 19.1 Å². The molecule has 1 rings (SSSR count). The summed E-state index contributed by atoms with van der Waals surface area (Å²) in [6, 6.07) is 5.97. The minimum atomic E-state index is -0.883. The molecule has 1 aromatic rings. The summed E-state index contributed by atoms with van der Waals surface area (Å²) in [5, 5.41) is 23.8. The third kappa shape index (κ3) is 5.79. The average Bonchev–Trinajstić information content (AvgIpc) is 2.45. The maximum Gasteiger partial charge on any atom is 0.269 e. The summed E-state index contributed by atoms with van der Waals surface area (Å²) in [4.78, 5) is 23.8. The summed E-state index contributed by atoms with van der Waals surface area (Å²) in [6.07, 6.45) is -0.883. The summed E-state index contributed by atoms with van der Waals surface area (Å²) < 4.78 is 0. The van der Waals surface area contributed by atoms with Crippen LogP contribution in [0.1, 0.15) is 32.4 Å². The number of amides is 1. The summed E-state index contributed by atoms with van der Waals surface area (Å²) in [6.45, 7) is 6.67. The number of nitrogens with zero attached hydrogens (tertiary/aromatic N) is 2. The third-order valence-electron chi connectivity index (χ3n) is 3.16. The Morgan fingerprint density at radius 2 is 2.14 bits per heavy atom. The van der Waals surface area contributed by atoms with Crippen LogP contribution < -0.4 is 5.32 Å². The van der Waals surface area contributed by atoms with Gasteiger partial charge in [0.2, 0.25) is 5.91 Å². The highest BCUT2D eigenvalue weighted by atomic mass is 16.6. The highest BCUT2D eigenvalue weighted by Gasteiger charge is 2.17. The van der Waals surface area contributed by atoms with Gasteiger partial charge >= 0.3 is 0 Å². The number of nitrogens with one attached hydrogen (secondary N) is 1. The number of nitro groups is 1. The largest absolute Gasteiger partial charge is 0.387 e. The highest BCUT2D eigenvalue weighted by molar-refractivity contribution is 5.78. The Hall–Kier alpha value is -1.99. The molecule has 0 saturated carbocycles. The number of rotatable bonds is 8. The summed E-state index contributed by atoms with van der Waals surface area (Å²) >= 11 is 0. The first-order chi connectivity index (χ1) is 10.3. The van der Waals surface area contributed by atoms with Crippen molar-refractivity contribution in [3.8, 4) is 0 Å². The molecule has 0 spiro atoms. The number of aliphatic hydroxyl groups excluding tert-OH is 1. The van der Waals surface area contributed by atoms with Gasteiger partial charge < -0.3 is 10.4 Å². The molecule has 122 valence electrons. The third-order valence-corrected chi connectivity index (χ3v) is 3.16. The molecule has 0 aliphatic carbocycles. The van der Waals surface area contributed by atoms with Gasteiger partial charge in [-0.3, -0.25) is 19.8 Å². The fraction of sp³-hybridized carbons (Fsp3) is 0.533. The summed E-state index contributed by atoms with van der Waals surface area (Å²) in [7, 11) is 0. The van der Waals surface area contributed by atoms with Crippen LogP contribution in [0, 0.1) is 10.1 Å². The van der Waals surface area contributed by atoms with E-state index in [0.717, 1.165) is 0 Å². The van der Waals surface area contributed by atoms with Crippen LogP contribution in [0.3, 0.4) is 0 Å². The van der Waals surface area contributed by atoms with E-state index in [0.29, 0.717) is 12.1 Å². The number of likely N-dealkylation sites (N-methyl/N-ethyl adjacent to an activating group) is 1. The van der Waals surface area contributed by atoms with Crippen LogP contribution in [0.4, 0.5) is 5.69 Å². The van der Waals surface area contributed by atoms with Crippen LogP contribution >= 0.6 is 0 Å². The first kappa shape index (κ1) is 18.1. The van der Waals surface area contributed by atoms with Crippen molar-refractivity contribution in [2.75, 3.05) is 19.6 Å². The predicted molar refractivity (Wildman–Crippen MR) is 83.4 cm³/mol. The second-order valence-corrected chi connectivity index (χ2v) is 5.42. The number of nitro benzene ring substituents is 1. The van der Waals surface area contributed by atoms with Gasteiger partial charge in [-0.25, -0.2) is 0 Å². The predicted octanol–water partition coefficient (Wildman–Crippen LogP) is 1.47. The van der Waals surface area contributed by atoms with E-state index in [-0.39, 0.29) is 30.7 Å². The van der Waals surface area contributed by atoms with Gasteiger partial charge in [0.25, 0.3) is 5.69 Å². The molecule has 7 heteroatoms. The van der Waals surface area contributed by atoms with Crippen molar-refractivity contribution in [3.63, 3.8) is 0 Å². The Kier molecular flexibility index (Phi) is 6.94. The second-order valence-electron chi connectivity index (χ2n) is 5.42. The minimum Gasteiger partial charge on any atom is -0.387 e. The van der Waals surface area contributed by atoms with Crippen LogP contribution in [0.5, 0.6) is 0 Å². The van der Waals surface area contributed by atoms with E-state index in [1.807, 2.05) is 20.8 Å². The zero-order valence-corrected chi connectivity index (χ0v) is 13.2. The SMILES string of the molecule is CCN(CC(=O)NC(C)C)CC(O)c1cccc([N+](=O)[O-])c1. The first-order valence-corrected chi connectivity index (χ1v) is 7.27. The molecule has 1 amide bonds. The van der Waals surface area contributed by atoms with Crippen molar-refractivity contribution >= 4 is 11.6 Å². The molecule has 2 N–H and O–H groups in total. The number of carbonyl (C=O) groups is 1. The topological polar surface area (TPSA) is 95.7 Å². The molecule has 1 unspecified atom stereocenters. The quantitative estimate of drug-likeness (QED) is 0.560. The summed E-state index contributed by atoms with van der Waals surface area (Å²) in [5.74, 6) is -0.108. The minimum absolute atomic E-state index is 0.0582. The molecule has 0 aliphatic heterocycles. The lowest BCUT2D eigenvalue weighted by Crippen LogP contribution is -2.41. The van der Waals surface area contributed by atoms with Crippen molar-refractivity contribution in [1.29, 1.82) is 0 Å². The van der Waals surface area contributed by atoms with Gasteiger partial charge in [0.1, 0.15) is 0 Å². The molecule has 1 aromatic carbocycles. The Morgan fingerprint density at radius 3 is 2.68 bits per heavy atom. The smallest absolute Gasteiger partial charge is 0.269 e. The number of hydrogen-bond acceptors (Lipinski definition) is 5. The molecular weight excluding hydrogens is 286 g/mol. The van der Waals surface area contributed by atoms with Gasteiger partial charge in [-0.15, -0.1) is 0 Å². The molecule has 1 atom stereocenters. The lowest BCUT2D eigenvalue weighted by atomic mass is 10.1. The van der Waals surface area contributed by atoms with E-state index in [4.69, 9.17) is 0 Å². The average molecular weight is 309 g/mol. The fourth-order valence-corrected chi connectivity index (χ4v) is 2.07. The Labute approximate surface area is 130 Å². The van der Waals surface area contributed by atoms with E-state index in [1.54, 1.807) is 17.0 Å². The van der Waals surface area contributed by atoms with Gasteiger partial charge in [0.05, 0.1) is 17.6 Å². The van der Waals surface area contributed by atoms with Crippen molar-refractivity contribution in [2.45, 2.75) is 32.9 Å². The number of aliphatic hydroxyl groups is 1. The molecular formula is C15H23N3O4. The molecule has 0 aromatic heterocycles. The van der Waals surface area contributed by atoms with E-state index in [2.05, 4.69) is 5.32 Å². The van der Waals surface area contributed by atoms with Gasteiger partial charge in [-0.05, 0) is 26.0 Å². The zero-order valence-electron chi connectivity index (χ0n) is 13.2. The standard InChI is InChI=1S/C15H23N3O4/c1-4-17(10-15(20)16-11(2)3)9-14(19)12-6-5-7-13(8-12)18(21)22/h5-8,11,14,19H,4,9-10H2,1-3H3,(H,16,20). The van der Waals surface area contributed by atoms with Gasteiger partial charge in [-0.2, -0.15) is 0 Å². The normalized spacial score (nSPS) is 12.5. The molecule has 22 heavy (non-hydrogen) atoms.